The number of halogens is 1. The molecular weight excluding hydrogens is 388 g/mol. The largest absolute Gasteiger partial charge is 0.326 e. The first-order chi connectivity index (χ1) is 13.0. The molecule has 27 heavy (non-hydrogen) atoms. The Bertz CT molecular complexity index is 914. The minimum atomic E-state index is -0.907. The molecular formula is C18H19ClN4O3S. The van der Waals surface area contributed by atoms with Crippen LogP contribution in [0.15, 0.2) is 34.2 Å². The second-order valence-corrected chi connectivity index (χ2v) is 7.66. The Kier molecular flexibility index (Phi) is 6.18. The van der Waals surface area contributed by atoms with Crippen LogP contribution in [0.2, 0.25) is 5.02 Å². The minimum absolute atomic E-state index is 0.112. The average molecular weight is 407 g/mol. The third-order valence-corrected chi connectivity index (χ3v) is 5.31. The molecule has 9 heteroatoms. The summed E-state index contributed by atoms with van der Waals surface area (Å²) in [6.45, 7) is 2.08. The van der Waals surface area contributed by atoms with Gasteiger partial charge in [0.1, 0.15) is 5.82 Å². The van der Waals surface area contributed by atoms with Crippen molar-refractivity contribution in [2.45, 2.75) is 37.3 Å². The van der Waals surface area contributed by atoms with E-state index in [0.717, 1.165) is 18.6 Å². The molecule has 2 aromatic rings. The number of thioether (sulfide) groups is 1. The number of nitrogens with one attached hydrogen (secondary N) is 3. The van der Waals surface area contributed by atoms with Crippen LogP contribution in [0, 0.1) is 0 Å². The molecule has 1 aromatic carbocycles. The maximum absolute atomic E-state index is 12.7. The van der Waals surface area contributed by atoms with E-state index >= 15 is 0 Å². The summed E-state index contributed by atoms with van der Waals surface area (Å²) in [6, 6.07) is 6.60. The topological polar surface area (TPSA) is 104 Å². The van der Waals surface area contributed by atoms with Crippen molar-refractivity contribution in [2.24, 2.45) is 0 Å². The van der Waals surface area contributed by atoms with Crippen molar-refractivity contribution in [1.82, 2.24) is 9.97 Å². The third-order valence-electron chi connectivity index (χ3n) is 4.09. The molecule has 1 aromatic heterocycles. The molecule has 2 heterocycles. The van der Waals surface area contributed by atoms with Gasteiger partial charge in [0.05, 0.1) is 11.5 Å². The van der Waals surface area contributed by atoms with Crippen LogP contribution < -0.4 is 16.2 Å². The quantitative estimate of drug-likeness (QED) is 0.387. The lowest BCUT2D eigenvalue weighted by atomic mass is 9.92. The van der Waals surface area contributed by atoms with E-state index in [1.807, 2.05) is 0 Å². The third kappa shape index (κ3) is 4.70. The van der Waals surface area contributed by atoms with E-state index < -0.39 is 17.4 Å². The van der Waals surface area contributed by atoms with Crippen LogP contribution in [-0.4, -0.2) is 27.5 Å². The normalized spacial score (nSPS) is 15.8. The van der Waals surface area contributed by atoms with Gasteiger partial charge in [-0.25, -0.2) is 4.98 Å². The van der Waals surface area contributed by atoms with Crippen molar-refractivity contribution < 1.29 is 9.59 Å². The summed E-state index contributed by atoms with van der Waals surface area (Å²) in [5.74, 6) is -0.721. The zero-order valence-corrected chi connectivity index (χ0v) is 16.2. The predicted octanol–water partition coefficient (Wildman–Crippen LogP) is 3.38. The molecule has 0 aliphatic carbocycles. The number of amides is 2. The number of nitrogens with zero attached hydrogens (tertiary/aromatic N) is 1. The smallest absolute Gasteiger partial charge is 0.257 e. The lowest BCUT2D eigenvalue weighted by Gasteiger charge is -2.23. The molecule has 1 aliphatic heterocycles. The Hall–Kier alpha value is -2.32. The Morgan fingerprint density at radius 3 is 2.78 bits per heavy atom. The number of H-pyrrole nitrogens is 1. The van der Waals surface area contributed by atoms with Crippen LogP contribution in [0.4, 0.5) is 11.5 Å². The van der Waals surface area contributed by atoms with Gasteiger partial charge in [-0.3, -0.25) is 14.4 Å². The van der Waals surface area contributed by atoms with E-state index in [1.54, 1.807) is 24.3 Å². The highest BCUT2D eigenvalue weighted by Gasteiger charge is 2.34. The molecule has 1 atom stereocenters. The van der Waals surface area contributed by atoms with Gasteiger partial charge < -0.3 is 15.6 Å². The van der Waals surface area contributed by atoms with Gasteiger partial charge in [-0.15, -0.1) is 0 Å². The van der Waals surface area contributed by atoms with E-state index in [1.165, 1.54) is 11.8 Å². The number of aromatic nitrogens is 2. The molecule has 7 nitrogen and oxygen atoms in total. The van der Waals surface area contributed by atoms with Crippen LogP contribution >= 0.6 is 23.4 Å². The van der Waals surface area contributed by atoms with E-state index in [9.17, 15) is 14.4 Å². The number of aromatic amines is 1. The first kappa shape index (κ1) is 19.4. The Morgan fingerprint density at radius 2 is 2.07 bits per heavy atom. The van der Waals surface area contributed by atoms with Crippen molar-refractivity contribution in [1.29, 1.82) is 0 Å². The standard InChI is InChI=1S/C18H19ClN4O3S/c1-2-3-8-27-18-22-15-14(17(26)23-18)12(9-13(24)21-15)16(25)20-11-6-4-10(19)5-7-11/h4-7,12H,2-3,8-9H2,1H3,(H,20,25)(H2,21,22,23,24,26)/t12-/m0/s1. The van der Waals surface area contributed by atoms with Gasteiger partial charge >= 0.3 is 0 Å². The van der Waals surface area contributed by atoms with E-state index in [-0.39, 0.29) is 23.7 Å². The lowest BCUT2D eigenvalue weighted by molar-refractivity contribution is -0.123. The van der Waals surface area contributed by atoms with Crippen LogP contribution in [-0.2, 0) is 9.59 Å². The highest BCUT2D eigenvalue weighted by Crippen LogP contribution is 2.30. The summed E-state index contributed by atoms with van der Waals surface area (Å²) in [6.07, 6.45) is 1.91. The maximum atomic E-state index is 12.7. The van der Waals surface area contributed by atoms with Crippen molar-refractivity contribution in [3.8, 4) is 0 Å². The second kappa shape index (κ2) is 8.58. The molecule has 0 fully saturated rings. The zero-order valence-electron chi connectivity index (χ0n) is 14.7. The van der Waals surface area contributed by atoms with E-state index in [0.29, 0.717) is 15.9 Å². The number of carbonyl (C=O) groups excluding carboxylic acids is 2. The molecule has 0 saturated carbocycles. The number of carbonyl (C=O) groups is 2. The summed E-state index contributed by atoms with van der Waals surface area (Å²) in [4.78, 5) is 44.4. The molecule has 1 aliphatic rings. The molecule has 0 unspecified atom stereocenters. The van der Waals surface area contributed by atoms with Crippen molar-refractivity contribution in [3.05, 3.63) is 45.2 Å². The number of hydrogen-bond acceptors (Lipinski definition) is 5. The summed E-state index contributed by atoms with van der Waals surface area (Å²) in [7, 11) is 0. The van der Waals surface area contributed by atoms with Gasteiger partial charge in [0, 0.05) is 22.9 Å². The fraction of sp³-hybridized carbons (Fsp3) is 0.333. The lowest BCUT2D eigenvalue weighted by Crippen LogP contribution is -2.36. The van der Waals surface area contributed by atoms with Crippen LogP contribution in [0.1, 0.15) is 37.7 Å². The predicted molar refractivity (Wildman–Crippen MR) is 107 cm³/mol. The van der Waals surface area contributed by atoms with Gasteiger partial charge in [-0.2, -0.15) is 0 Å². The summed E-state index contributed by atoms with van der Waals surface area (Å²) < 4.78 is 0. The number of benzene rings is 1. The highest BCUT2D eigenvalue weighted by molar-refractivity contribution is 7.99. The average Bonchev–Trinajstić information content (AvgIpc) is 2.63. The summed E-state index contributed by atoms with van der Waals surface area (Å²) in [5.41, 5.74) is 0.309. The van der Waals surface area contributed by atoms with Gasteiger partial charge in [-0.05, 0) is 30.7 Å². The Morgan fingerprint density at radius 1 is 1.33 bits per heavy atom. The minimum Gasteiger partial charge on any atom is -0.326 e. The summed E-state index contributed by atoms with van der Waals surface area (Å²) >= 11 is 7.26. The molecule has 3 N–H and O–H groups in total. The van der Waals surface area contributed by atoms with Crippen molar-refractivity contribution in [3.63, 3.8) is 0 Å². The second-order valence-electron chi connectivity index (χ2n) is 6.14. The van der Waals surface area contributed by atoms with Crippen molar-refractivity contribution >= 4 is 46.7 Å². The Balaban J connectivity index is 1.86. The van der Waals surface area contributed by atoms with Gasteiger partial charge in [0.15, 0.2) is 5.16 Å². The zero-order chi connectivity index (χ0) is 19.4. The number of rotatable bonds is 6. The maximum Gasteiger partial charge on any atom is 0.257 e. The van der Waals surface area contributed by atoms with Crippen LogP contribution in [0.5, 0.6) is 0 Å². The van der Waals surface area contributed by atoms with E-state index in [2.05, 4.69) is 27.5 Å². The van der Waals surface area contributed by atoms with Gasteiger partial charge in [0.2, 0.25) is 11.8 Å². The first-order valence-electron chi connectivity index (χ1n) is 8.61. The Labute approximate surface area is 165 Å². The monoisotopic (exact) mass is 406 g/mol. The van der Waals surface area contributed by atoms with Gasteiger partial charge in [0.25, 0.3) is 5.56 Å². The number of anilines is 2. The number of fused-ring (bicyclic) bond motifs is 1. The molecule has 0 bridgehead atoms. The fourth-order valence-corrected chi connectivity index (χ4v) is 3.79. The summed E-state index contributed by atoms with van der Waals surface area (Å²) in [5, 5.41) is 6.31. The molecule has 3 rings (SSSR count). The molecule has 0 spiro atoms. The fourth-order valence-electron chi connectivity index (χ4n) is 2.72. The van der Waals surface area contributed by atoms with Crippen molar-refractivity contribution in [2.75, 3.05) is 16.4 Å². The molecule has 2 amide bonds. The first-order valence-corrected chi connectivity index (χ1v) is 9.97. The van der Waals surface area contributed by atoms with Crippen LogP contribution in [0.3, 0.4) is 0 Å². The molecule has 0 saturated heterocycles. The van der Waals surface area contributed by atoms with E-state index in [4.69, 9.17) is 11.6 Å². The molecule has 0 radical (unpaired) electrons. The SMILES string of the molecule is CCCCSc1nc2c(c(=O)[nH]1)[C@@H](C(=O)Nc1ccc(Cl)cc1)CC(=O)N2. The number of hydrogen-bond donors (Lipinski definition) is 3. The highest BCUT2D eigenvalue weighted by atomic mass is 35.5. The number of unbranched alkanes of at least 4 members (excludes halogenated alkanes) is 1. The van der Waals surface area contributed by atoms with Gasteiger partial charge in [-0.1, -0.05) is 36.7 Å². The van der Waals surface area contributed by atoms with Crippen LogP contribution in [0.25, 0.3) is 0 Å². The molecule has 142 valence electrons.